The summed E-state index contributed by atoms with van der Waals surface area (Å²) in [6, 6.07) is 4.26. The minimum atomic E-state index is -0.444. The molecule has 0 bridgehead atoms. The third-order valence-corrected chi connectivity index (χ3v) is 3.35. The second-order valence-corrected chi connectivity index (χ2v) is 5.03. The summed E-state index contributed by atoms with van der Waals surface area (Å²) in [4.78, 5) is 11.9. The molecule has 0 aliphatic heterocycles. The molecule has 0 saturated heterocycles. The monoisotopic (exact) mass is 316 g/mol. The van der Waals surface area contributed by atoms with Crippen LogP contribution in [0.2, 0.25) is 0 Å². The van der Waals surface area contributed by atoms with Crippen LogP contribution in [-0.2, 0) is 0 Å². The summed E-state index contributed by atoms with van der Waals surface area (Å²) in [6.45, 7) is 2.48. The fraction of sp³-hybridized carbons (Fsp3) is 0.462. The van der Waals surface area contributed by atoms with Crippen molar-refractivity contribution in [2.24, 2.45) is 5.73 Å². The fourth-order valence-corrected chi connectivity index (χ4v) is 1.85. The summed E-state index contributed by atoms with van der Waals surface area (Å²) in [5, 5.41) is 2.82. The third kappa shape index (κ3) is 4.38. The summed E-state index contributed by atoms with van der Waals surface area (Å²) < 4.78 is 13.7. The molecule has 0 aromatic heterocycles. The van der Waals surface area contributed by atoms with E-state index in [4.69, 9.17) is 5.73 Å². The van der Waals surface area contributed by atoms with Gasteiger partial charge < -0.3 is 11.1 Å². The maximum absolute atomic E-state index is 13.3. The molecular weight excluding hydrogens is 299 g/mol. The summed E-state index contributed by atoms with van der Waals surface area (Å²) >= 11 is 3.05. The highest BCUT2D eigenvalue weighted by molar-refractivity contribution is 9.10. The van der Waals surface area contributed by atoms with Crippen molar-refractivity contribution in [1.29, 1.82) is 0 Å². The van der Waals surface area contributed by atoms with Crippen LogP contribution in [0.3, 0.4) is 0 Å². The van der Waals surface area contributed by atoms with Gasteiger partial charge in [-0.25, -0.2) is 4.39 Å². The van der Waals surface area contributed by atoms with Crippen molar-refractivity contribution in [1.82, 2.24) is 5.32 Å². The maximum atomic E-state index is 13.3. The van der Waals surface area contributed by atoms with Crippen LogP contribution in [-0.4, -0.2) is 18.5 Å². The number of carbonyl (C=O) groups excluding carboxylic acids is 1. The van der Waals surface area contributed by atoms with Gasteiger partial charge in [0.1, 0.15) is 5.82 Å². The fourth-order valence-electron chi connectivity index (χ4n) is 1.61. The molecule has 0 radical (unpaired) electrons. The number of benzene rings is 1. The molecule has 1 aromatic carbocycles. The van der Waals surface area contributed by atoms with Gasteiger partial charge in [0, 0.05) is 18.2 Å². The van der Waals surface area contributed by atoms with Crippen molar-refractivity contribution in [2.45, 2.75) is 32.2 Å². The molecule has 0 saturated carbocycles. The highest BCUT2D eigenvalue weighted by atomic mass is 79.9. The number of carbonyl (C=O) groups is 1. The molecule has 1 aromatic rings. The summed E-state index contributed by atoms with van der Waals surface area (Å²) in [5.74, 6) is -0.728. The van der Waals surface area contributed by atoms with Crippen molar-refractivity contribution in [3.05, 3.63) is 34.1 Å². The highest BCUT2D eigenvalue weighted by Gasteiger charge is 2.13. The Morgan fingerprint density at radius 3 is 2.83 bits per heavy atom. The highest BCUT2D eigenvalue weighted by Crippen LogP contribution is 2.16. The third-order valence-electron chi connectivity index (χ3n) is 2.71. The van der Waals surface area contributed by atoms with Gasteiger partial charge in [-0.15, -0.1) is 0 Å². The van der Waals surface area contributed by atoms with Crippen LogP contribution in [0.1, 0.15) is 36.5 Å². The van der Waals surface area contributed by atoms with Crippen LogP contribution in [0.5, 0.6) is 0 Å². The van der Waals surface area contributed by atoms with Gasteiger partial charge in [0.25, 0.3) is 5.91 Å². The van der Waals surface area contributed by atoms with Gasteiger partial charge in [-0.2, -0.15) is 0 Å². The lowest BCUT2D eigenvalue weighted by molar-refractivity contribution is 0.0935. The van der Waals surface area contributed by atoms with E-state index in [9.17, 15) is 9.18 Å². The molecule has 3 nitrogen and oxygen atoms in total. The Morgan fingerprint density at radius 2 is 2.28 bits per heavy atom. The molecular formula is C13H18BrFN2O. The van der Waals surface area contributed by atoms with Crippen LogP contribution in [0.15, 0.2) is 22.7 Å². The minimum absolute atomic E-state index is 0.0517. The maximum Gasteiger partial charge on any atom is 0.251 e. The smallest absolute Gasteiger partial charge is 0.251 e. The molecule has 1 amide bonds. The number of amides is 1. The molecule has 0 aliphatic rings. The number of hydrogen-bond acceptors (Lipinski definition) is 2. The van der Waals surface area contributed by atoms with E-state index in [-0.39, 0.29) is 11.9 Å². The Labute approximate surface area is 115 Å². The first-order chi connectivity index (χ1) is 8.58. The Balaban J connectivity index is 2.65. The molecule has 100 valence electrons. The van der Waals surface area contributed by atoms with E-state index in [1.165, 1.54) is 12.1 Å². The molecule has 1 rings (SSSR count). The van der Waals surface area contributed by atoms with Gasteiger partial charge in [0.15, 0.2) is 0 Å². The van der Waals surface area contributed by atoms with E-state index in [1.807, 2.05) is 0 Å². The van der Waals surface area contributed by atoms with E-state index < -0.39 is 5.82 Å². The number of unbranched alkanes of at least 4 members (excludes halogenated alkanes) is 1. The lowest BCUT2D eigenvalue weighted by Crippen LogP contribution is -2.40. The summed E-state index contributed by atoms with van der Waals surface area (Å²) in [5.41, 5.74) is 5.91. The van der Waals surface area contributed by atoms with E-state index >= 15 is 0 Å². The molecule has 18 heavy (non-hydrogen) atoms. The summed E-state index contributed by atoms with van der Waals surface area (Å²) in [6.07, 6.45) is 2.91. The predicted molar refractivity (Wildman–Crippen MR) is 73.9 cm³/mol. The van der Waals surface area contributed by atoms with Crippen molar-refractivity contribution in [2.75, 3.05) is 6.54 Å². The quantitative estimate of drug-likeness (QED) is 0.848. The van der Waals surface area contributed by atoms with Gasteiger partial charge in [0.05, 0.1) is 4.47 Å². The Kier molecular flexibility index (Phi) is 6.29. The van der Waals surface area contributed by atoms with E-state index in [1.54, 1.807) is 6.07 Å². The summed E-state index contributed by atoms with van der Waals surface area (Å²) in [7, 11) is 0. The topological polar surface area (TPSA) is 55.1 Å². The largest absolute Gasteiger partial charge is 0.348 e. The average molecular weight is 317 g/mol. The second kappa shape index (κ2) is 7.48. The normalized spacial score (nSPS) is 12.2. The number of nitrogens with one attached hydrogen (secondary N) is 1. The van der Waals surface area contributed by atoms with Crippen molar-refractivity contribution in [3.8, 4) is 0 Å². The standard InChI is InChI=1S/C13H18BrFN2O/c1-2-3-4-10(8-16)17-13(18)9-5-6-11(14)12(15)7-9/h5-7,10H,2-4,8,16H2,1H3,(H,17,18). The molecule has 5 heteroatoms. The van der Waals surface area contributed by atoms with Gasteiger partial charge in [0.2, 0.25) is 0 Å². The molecule has 0 spiro atoms. The van der Waals surface area contributed by atoms with Crippen molar-refractivity contribution >= 4 is 21.8 Å². The first kappa shape index (κ1) is 15.1. The van der Waals surface area contributed by atoms with Crippen LogP contribution in [0.4, 0.5) is 4.39 Å². The Bertz CT molecular complexity index is 412. The van der Waals surface area contributed by atoms with Gasteiger partial charge >= 0.3 is 0 Å². The van der Waals surface area contributed by atoms with Gasteiger partial charge in [-0.3, -0.25) is 4.79 Å². The van der Waals surface area contributed by atoms with E-state index in [2.05, 4.69) is 28.2 Å². The molecule has 0 aliphatic carbocycles. The van der Waals surface area contributed by atoms with Crippen molar-refractivity contribution < 1.29 is 9.18 Å². The number of hydrogen-bond donors (Lipinski definition) is 2. The van der Waals surface area contributed by atoms with Gasteiger partial charge in [-0.05, 0) is 40.5 Å². The zero-order valence-electron chi connectivity index (χ0n) is 10.4. The molecule has 1 unspecified atom stereocenters. The average Bonchev–Trinajstić information content (AvgIpc) is 2.37. The first-order valence-corrected chi connectivity index (χ1v) is 6.83. The van der Waals surface area contributed by atoms with Crippen LogP contribution in [0.25, 0.3) is 0 Å². The van der Waals surface area contributed by atoms with E-state index in [0.717, 1.165) is 19.3 Å². The van der Waals surface area contributed by atoms with Crippen LogP contribution in [0, 0.1) is 5.82 Å². The van der Waals surface area contributed by atoms with Crippen LogP contribution >= 0.6 is 15.9 Å². The predicted octanol–water partition coefficient (Wildman–Crippen LogP) is 2.84. The SMILES string of the molecule is CCCCC(CN)NC(=O)c1ccc(Br)c(F)c1. The number of halogens is 2. The van der Waals surface area contributed by atoms with Gasteiger partial charge in [-0.1, -0.05) is 19.8 Å². The van der Waals surface area contributed by atoms with Crippen LogP contribution < -0.4 is 11.1 Å². The lowest BCUT2D eigenvalue weighted by atomic mass is 10.1. The van der Waals surface area contributed by atoms with Crippen molar-refractivity contribution in [3.63, 3.8) is 0 Å². The molecule has 0 fully saturated rings. The second-order valence-electron chi connectivity index (χ2n) is 4.18. The zero-order valence-corrected chi connectivity index (χ0v) is 12.0. The minimum Gasteiger partial charge on any atom is -0.348 e. The first-order valence-electron chi connectivity index (χ1n) is 6.04. The number of rotatable bonds is 6. The number of nitrogens with two attached hydrogens (primary N) is 1. The molecule has 1 atom stereocenters. The lowest BCUT2D eigenvalue weighted by Gasteiger charge is -2.16. The zero-order chi connectivity index (χ0) is 13.5. The molecule has 0 heterocycles. The Hall–Kier alpha value is -0.940. The van der Waals surface area contributed by atoms with E-state index in [0.29, 0.717) is 16.6 Å². The molecule has 3 N–H and O–H groups in total. The Morgan fingerprint density at radius 1 is 1.56 bits per heavy atom.